The summed E-state index contributed by atoms with van der Waals surface area (Å²) in [6.45, 7) is 0. The third-order valence-electron chi connectivity index (χ3n) is 9.11. The minimum Gasteiger partial charge on any atom is -0.456 e. The first-order valence-electron chi connectivity index (χ1n) is 15.9. The Hall–Kier alpha value is -6.59. The summed E-state index contributed by atoms with van der Waals surface area (Å²) in [6, 6.07) is 51.7. The van der Waals surface area contributed by atoms with E-state index in [4.69, 9.17) is 23.8 Å². The first kappa shape index (κ1) is 26.6. The number of benzene rings is 7. The Labute approximate surface area is 274 Å². The molecule has 0 aliphatic carbocycles. The second kappa shape index (κ2) is 10.5. The second-order valence-corrected chi connectivity index (χ2v) is 12.0. The summed E-state index contributed by atoms with van der Waals surface area (Å²) in [5.74, 6) is 1.86. The van der Waals surface area contributed by atoms with E-state index in [0.29, 0.717) is 17.5 Å². The second-order valence-electron chi connectivity index (χ2n) is 12.0. The molecule has 48 heavy (non-hydrogen) atoms. The van der Waals surface area contributed by atoms with Crippen molar-refractivity contribution in [3.8, 4) is 45.3 Å². The van der Waals surface area contributed by atoms with Crippen LogP contribution in [0.3, 0.4) is 0 Å². The smallest absolute Gasteiger partial charge is 0.164 e. The minimum absolute atomic E-state index is 0.604. The quantitative estimate of drug-likeness (QED) is 0.197. The van der Waals surface area contributed by atoms with Gasteiger partial charge < -0.3 is 8.83 Å². The molecule has 0 atom stereocenters. The van der Waals surface area contributed by atoms with Crippen molar-refractivity contribution in [2.75, 3.05) is 0 Å². The van der Waals surface area contributed by atoms with E-state index in [9.17, 15) is 0 Å². The van der Waals surface area contributed by atoms with E-state index < -0.39 is 0 Å². The fourth-order valence-corrected chi connectivity index (χ4v) is 6.77. The van der Waals surface area contributed by atoms with Crippen LogP contribution >= 0.6 is 0 Å². The maximum absolute atomic E-state index is 6.51. The molecule has 7 aromatic carbocycles. The van der Waals surface area contributed by atoms with E-state index in [1.165, 1.54) is 0 Å². The number of hydrogen-bond acceptors (Lipinski definition) is 5. The number of aromatic nitrogens is 3. The van der Waals surface area contributed by atoms with E-state index >= 15 is 0 Å². The van der Waals surface area contributed by atoms with Gasteiger partial charge in [-0.25, -0.2) is 15.0 Å². The molecular formula is C43H25N3O2. The molecule has 0 saturated carbocycles. The lowest BCUT2D eigenvalue weighted by molar-refractivity contribution is 0.669. The molecule has 0 bridgehead atoms. The first-order valence-corrected chi connectivity index (χ1v) is 15.9. The van der Waals surface area contributed by atoms with Crippen molar-refractivity contribution in [3.63, 3.8) is 0 Å². The molecule has 0 radical (unpaired) electrons. The Bertz CT molecular complexity index is 2780. The SMILES string of the molecule is c1ccc(-c2nc(-c3ccccc3)nc(-c3cccc4oc5cc(-c6ccc7cc8oc9ccccc9c8cc7c6)ccc5c34)n2)cc1. The summed E-state index contributed by atoms with van der Waals surface area (Å²) in [5.41, 5.74) is 8.38. The lowest BCUT2D eigenvalue weighted by atomic mass is 9.98. The highest BCUT2D eigenvalue weighted by Gasteiger charge is 2.18. The van der Waals surface area contributed by atoms with Gasteiger partial charge in [0.1, 0.15) is 22.3 Å². The zero-order valence-corrected chi connectivity index (χ0v) is 25.6. The number of rotatable bonds is 4. The van der Waals surface area contributed by atoms with Crippen LogP contribution in [0.4, 0.5) is 0 Å². The van der Waals surface area contributed by atoms with Gasteiger partial charge in [0.25, 0.3) is 0 Å². The average molecular weight is 616 g/mol. The van der Waals surface area contributed by atoms with Crippen LogP contribution in [0.5, 0.6) is 0 Å². The standard InChI is InChI=1S/C43H25N3O2/c1-3-10-26(11-4-1)41-44-42(27-12-5-2-6-13-27)46-43(45-41)34-15-9-17-37-40(34)33-21-20-29(24-38(33)48-37)28-18-19-30-25-39-35(23-31(30)22-28)32-14-7-8-16-36(32)47-39/h1-25H. The van der Waals surface area contributed by atoms with Crippen LogP contribution in [-0.4, -0.2) is 15.0 Å². The normalized spacial score (nSPS) is 11.8. The van der Waals surface area contributed by atoms with E-state index in [0.717, 1.165) is 82.5 Å². The first-order chi connectivity index (χ1) is 23.7. The molecule has 10 aromatic rings. The van der Waals surface area contributed by atoms with Crippen molar-refractivity contribution in [2.24, 2.45) is 0 Å². The van der Waals surface area contributed by atoms with Crippen LogP contribution in [0.1, 0.15) is 0 Å². The van der Waals surface area contributed by atoms with Gasteiger partial charge in [-0.2, -0.15) is 0 Å². The molecular weight excluding hydrogens is 590 g/mol. The molecule has 5 nitrogen and oxygen atoms in total. The van der Waals surface area contributed by atoms with Gasteiger partial charge in [0, 0.05) is 38.2 Å². The largest absolute Gasteiger partial charge is 0.456 e. The lowest BCUT2D eigenvalue weighted by Gasteiger charge is -2.09. The lowest BCUT2D eigenvalue weighted by Crippen LogP contribution is -2.00. The maximum atomic E-state index is 6.51. The Morgan fingerprint density at radius 2 is 0.958 bits per heavy atom. The molecule has 5 heteroatoms. The van der Waals surface area contributed by atoms with Crippen molar-refractivity contribution in [1.29, 1.82) is 0 Å². The number of furan rings is 2. The third-order valence-corrected chi connectivity index (χ3v) is 9.11. The van der Waals surface area contributed by atoms with Crippen molar-refractivity contribution >= 4 is 54.6 Å². The van der Waals surface area contributed by atoms with Gasteiger partial charge in [-0.15, -0.1) is 0 Å². The molecule has 0 amide bonds. The molecule has 10 rings (SSSR count). The Balaban J connectivity index is 1.11. The van der Waals surface area contributed by atoms with Gasteiger partial charge in [-0.3, -0.25) is 0 Å². The molecule has 0 aliphatic rings. The number of fused-ring (bicyclic) bond motifs is 7. The highest BCUT2D eigenvalue weighted by Crippen LogP contribution is 2.39. The van der Waals surface area contributed by atoms with Gasteiger partial charge in [0.15, 0.2) is 17.5 Å². The number of nitrogens with zero attached hydrogens (tertiary/aromatic N) is 3. The molecule has 224 valence electrons. The van der Waals surface area contributed by atoms with Crippen LogP contribution in [0, 0.1) is 0 Å². The fraction of sp³-hybridized carbons (Fsp3) is 0. The van der Waals surface area contributed by atoms with Crippen LogP contribution < -0.4 is 0 Å². The van der Waals surface area contributed by atoms with Crippen LogP contribution in [0.15, 0.2) is 160 Å². The summed E-state index contributed by atoms with van der Waals surface area (Å²) in [6.07, 6.45) is 0. The van der Waals surface area contributed by atoms with E-state index in [2.05, 4.69) is 66.7 Å². The predicted octanol–water partition coefficient (Wildman–Crippen LogP) is 11.5. The molecule has 0 aliphatic heterocycles. The molecule has 0 N–H and O–H groups in total. The van der Waals surface area contributed by atoms with Gasteiger partial charge >= 0.3 is 0 Å². The number of para-hydroxylation sites is 1. The molecule has 3 heterocycles. The minimum atomic E-state index is 0.604. The summed E-state index contributed by atoms with van der Waals surface area (Å²) in [7, 11) is 0. The Kier molecular flexibility index (Phi) is 5.81. The van der Waals surface area contributed by atoms with E-state index in [-0.39, 0.29) is 0 Å². The average Bonchev–Trinajstić information content (AvgIpc) is 3.71. The van der Waals surface area contributed by atoms with Gasteiger partial charge in [-0.1, -0.05) is 109 Å². The third kappa shape index (κ3) is 4.29. The maximum Gasteiger partial charge on any atom is 0.164 e. The van der Waals surface area contributed by atoms with Gasteiger partial charge in [0.2, 0.25) is 0 Å². The zero-order chi connectivity index (χ0) is 31.6. The monoisotopic (exact) mass is 615 g/mol. The summed E-state index contributed by atoms with van der Waals surface area (Å²) in [4.78, 5) is 14.9. The number of hydrogen-bond donors (Lipinski definition) is 0. The van der Waals surface area contributed by atoms with Crippen molar-refractivity contribution < 1.29 is 8.83 Å². The zero-order valence-electron chi connectivity index (χ0n) is 25.6. The summed E-state index contributed by atoms with van der Waals surface area (Å²) in [5, 5.41) is 6.55. The molecule has 3 aromatic heterocycles. The summed E-state index contributed by atoms with van der Waals surface area (Å²) >= 11 is 0. The molecule has 0 saturated heterocycles. The predicted molar refractivity (Wildman–Crippen MR) is 194 cm³/mol. The Morgan fingerprint density at radius 1 is 0.333 bits per heavy atom. The highest BCUT2D eigenvalue weighted by molar-refractivity contribution is 6.13. The molecule has 0 unspecified atom stereocenters. The summed E-state index contributed by atoms with van der Waals surface area (Å²) < 4.78 is 12.6. The fourth-order valence-electron chi connectivity index (χ4n) is 6.77. The van der Waals surface area contributed by atoms with Crippen molar-refractivity contribution in [2.45, 2.75) is 0 Å². The van der Waals surface area contributed by atoms with Gasteiger partial charge in [-0.05, 0) is 64.4 Å². The van der Waals surface area contributed by atoms with E-state index in [1.807, 2.05) is 84.9 Å². The van der Waals surface area contributed by atoms with Crippen LogP contribution in [-0.2, 0) is 0 Å². The highest BCUT2D eigenvalue weighted by atomic mass is 16.3. The molecule has 0 fully saturated rings. The van der Waals surface area contributed by atoms with Gasteiger partial charge in [0.05, 0.1) is 0 Å². The topological polar surface area (TPSA) is 65.0 Å². The van der Waals surface area contributed by atoms with E-state index in [1.54, 1.807) is 0 Å². The molecule has 0 spiro atoms. The van der Waals surface area contributed by atoms with Crippen molar-refractivity contribution in [3.05, 3.63) is 152 Å². The van der Waals surface area contributed by atoms with Crippen molar-refractivity contribution in [1.82, 2.24) is 15.0 Å². The van der Waals surface area contributed by atoms with Crippen LogP contribution in [0.25, 0.3) is 99.9 Å². The Morgan fingerprint density at radius 3 is 1.75 bits per heavy atom. The van der Waals surface area contributed by atoms with Crippen LogP contribution in [0.2, 0.25) is 0 Å².